The first-order chi connectivity index (χ1) is 7.76. The van der Waals surface area contributed by atoms with Crippen LogP contribution in [0.15, 0.2) is 24.3 Å². The summed E-state index contributed by atoms with van der Waals surface area (Å²) in [5, 5.41) is 8.28. The summed E-state index contributed by atoms with van der Waals surface area (Å²) in [4.78, 5) is 0. The number of aromatic nitrogens is 3. The van der Waals surface area contributed by atoms with E-state index in [1.54, 1.807) is 0 Å². The third-order valence-electron chi connectivity index (χ3n) is 2.64. The van der Waals surface area contributed by atoms with Gasteiger partial charge in [0.05, 0.1) is 6.54 Å². The maximum Gasteiger partial charge on any atom is 0.163 e. The van der Waals surface area contributed by atoms with E-state index < -0.39 is 0 Å². The minimum atomic E-state index is 0.423. The summed E-state index contributed by atoms with van der Waals surface area (Å²) in [5.74, 6) is 1.72. The zero-order valence-electron chi connectivity index (χ0n) is 9.64. The molecule has 0 amide bonds. The molecule has 4 heteroatoms. The fourth-order valence-electron chi connectivity index (χ4n) is 1.73. The first kappa shape index (κ1) is 10.8. The minimum Gasteiger partial charge on any atom is -0.324 e. The molecule has 4 nitrogen and oxygen atoms in total. The Morgan fingerprint density at radius 2 is 1.88 bits per heavy atom. The molecule has 0 atom stereocenters. The standard InChI is InChI=1S/C12H16N4/c1-3-16-11(8-13)14-15-12(16)10-6-4-9(2)5-7-10/h4-7H,3,8,13H2,1-2H3. The highest BCUT2D eigenvalue weighted by atomic mass is 15.3. The largest absolute Gasteiger partial charge is 0.324 e. The molecule has 0 aliphatic carbocycles. The van der Waals surface area contributed by atoms with Gasteiger partial charge in [0.15, 0.2) is 5.82 Å². The van der Waals surface area contributed by atoms with E-state index in [0.29, 0.717) is 6.54 Å². The van der Waals surface area contributed by atoms with Crippen LogP contribution in [-0.4, -0.2) is 14.8 Å². The van der Waals surface area contributed by atoms with Crippen LogP contribution in [0.5, 0.6) is 0 Å². The fraction of sp³-hybridized carbons (Fsp3) is 0.333. The van der Waals surface area contributed by atoms with E-state index in [1.807, 2.05) is 4.57 Å². The van der Waals surface area contributed by atoms with Crippen LogP contribution in [-0.2, 0) is 13.1 Å². The van der Waals surface area contributed by atoms with Crippen LogP contribution in [0.1, 0.15) is 18.3 Å². The molecule has 1 aromatic heterocycles. The van der Waals surface area contributed by atoms with Crippen molar-refractivity contribution in [2.24, 2.45) is 5.73 Å². The Bertz CT molecular complexity index is 470. The fourth-order valence-corrected chi connectivity index (χ4v) is 1.73. The van der Waals surface area contributed by atoms with Gasteiger partial charge in [0.1, 0.15) is 5.82 Å². The molecule has 0 fully saturated rings. The molecule has 0 aliphatic heterocycles. The van der Waals surface area contributed by atoms with Crippen LogP contribution in [0.2, 0.25) is 0 Å². The smallest absolute Gasteiger partial charge is 0.163 e. The third kappa shape index (κ3) is 1.84. The number of rotatable bonds is 3. The summed E-state index contributed by atoms with van der Waals surface area (Å²) >= 11 is 0. The Kier molecular flexibility index (Phi) is 3.01. The number of hydrogen-bond donors (Lipinski definition) is 1. The van der Waals surface area contributed by atoms with Crippen molar-refractivity contribution < 1.29 is 0 Å². The van der Waals surface area contributed by atoms with Crippen LogP contribution in [0, 0.1) is 6.92 Å². The van der Waals surface area contributed by atoms with E-state index in [2.05, 4.69) is 48.3 Å². The first-order valence-electron chi connectivity index (χ1n) is 5.45. The predicted molar refractivity (Wildman–Crippen MR) is 63.8 cm³/mol. The molecule has 2 rings (SSSR count). The Morgan fingerprint density at radius 1 is 1.19 bits per heavy atom. The van der Waals surface area contributed by atoms with E-state index in [4.69, 9.17) is 5.73 Å². The highest BCUT2D eigenvalue weighted by molar-refractivity contribution is 5.55. The second-order valence-corrected chi connectivity index (χ2v) is 3.75. The van der Waals surface area contributed by atoms with Gasteiger partial charge in [0.2, 0.25) is 0 Å². The van der Waals surface area contributed by atoms with E-state index in [9.17, 15) is 0 Å². The Morgan fingerprint density at radius 3 is 2.44 bits per heavy atom. The van der Waals surface area contributed by atoms with Gasteiger partial charge in [-0.05, 0) is 13.8 Å². The van der Waals surface area contributed by atoms with Crippen molar-refractivity contribution in [1.29, 1.82) is 0 Å². The molecule has 84 valence electrons. The zero-order chi connectivity index (χ0) is 11.5. The van der Waals surface area contributed by atoms with E-state index >= 15 is 0 Å². The third-order valence-corrected chi connectivity index (χ3v) is 2.64. The molecule has 0 aliphatic rings. The molecule has 2 N–H and O–H groups in total. The molecular weight excluding hydrogens is 200 g/mol. The van der Waals surface area contributed by atoms with Crippen LogP contribution < -0.4 is 5.73 Å². The maximum absolute atomic E-state index is 5.62. The van der Waals surface area contributed by atoms with Gasteiger partial charge >= 0.3 is 0 Å². The lowest BCUT2D eigenvalue weighted by Gasteiger charge is -2.06. The number of aryl methyl sites for hydroxylation is 1. The number of hydrogen-bond acceptors (Lipinski definition) is 3. The zero-order valence-corrected chi connectivity index (χ0v) is 9.64. The second-order valence-electron chi connectivity index (χ2n) is 3.75. The van der Waals surface area contributed by atoms with Crippen molar-refractivity contribution in [3.63, 3.8) is 0 Å². The first-order valence-corrected chi connectivity index (χ1v) is 5.45. The monoisotopic (exact) mass is 216 g/mol. The molecule has 1 heterocycles. The lowest BCUT2D eigenvalue weighted by molar-refractivity contribution is 0.704. The number of nitrogens with zero attached hydrogens (tertiary/aromatic N) is 3. The predicted octanol–water partition coefficient (Wildman–Crippen LogP) is 1.73. The van der Waals surface area contributed by atoms with Gasteiger partial charge in [-0.1, -0.05) is 29.8 Å². The minimum absolute atomic E-state index is 0.423. The lowest BCUT2D eigenvalue weighted by Crippen LogP contribution is -2.08. The summed E-state index contributed by atoms with van der Waals surface area (Å²) in [7, 11) is 0. The normalized spacial score (nSPS) is 10.7. The summed E-state index contributed by atoms with van der Waals surface area (Å²) in [6.45, 7) is 5.40. The van der Waals surface area contributed by atoms with Gasteiger partial charge < -0.3 is 10.3 Å². The highest BCUT2D eigenvalue weighted by Gasteiger charge is 2.10. The Hall–Kier alpha value is -1.68. The van der Waals surface area contributed by atoms with Gasteiger partial charge in [-0.15, -0.1) is 10.2 Å². The molecule has 0 saturated heterocycles. The average Bonchev–Trinajstić information content (AvgIpc) is 2.72. The van der Waals surface area contributed by atoms with E-state index in [0.717, 1.165) is 23.8 Å². The summed E-state index contributed by atoms with van der Waals surface area (Å²) in [6, 6.07) is 8.27. The van der Waals surface area contributed by atoms with Crippen molar-refractivity contribution in [2.45, 2.75) is 26.9 Å². The summed E-state index contributed by atoms with van der Waals surface area (Å²) in [6.07, 6.45) is 0. The molecule has 0 saturated carbocycles. The molecule has 16 heavy (non-hydrogen) atoms. The highest BCUT2D eigenvalue weighted by Crippen LogP contribution is 2.18. The molecular formula is C12H16N4. The van der Waals surface area contributed by atoms with Crippen LogP contribution in [0.25, 0.3) is 11.4 Å². The van der Waals surface area contributed by atoms with Gasteiger partial charge in [-0.3, -0.25) is 0 Å². The Labute approximate surface area is 95.1 Å². The van der Waals surface area contributed by atoms with Crippen molar-refractivity contribution in [3.8, 4) is 11.4 Å². The Balaban J connectivity index is 2.47. The molecule has 0 spiro atoms. The SMILES string of the molecule is CCn1c(CN)nnc1-c1ccc(C)cc1. The quantitative estimate of drug-likeness (QED) is 0.850. The van der Waals surface area contributed by atoms with E-state index in [1.165, 1.54) is 5.56 Å². The van der Waals surface area contributed by atoms with Crippen molar-refractivity contribution in [2.75, 3.05) is 0 Å². The number of benzene rings is 1. The van der Waals surface area contributed by atoms with Crippen LogP contribution in [0.3, 0.4) is 0 Å². The average molecular weight is 216 g/mol. The summed E-state index contributed by atoms with van der Waals surface area (Å²) < 4.78 is 2.05. The van der Waals surface area contributed by atoms with Crippen LogP contribution in [0.4, 0.5) is 0 Å². The van der Waals surface area contributed by atoms with Gasteiger partial charge in [-0.2, -0.15) is 0 Å². The molecule has 0 unspecified atom stereocenters. The molecule has 1 aromatic carbocycles. The van der Waals surface area contributed by atoms with E-state index in [-0.39, 0.29) is 0 Å². The molecule has 0 bridgehead atoms. The van der Waals surface area contributed by atoms with Gasteiger partial charge in [0, 0.05) is 12.1 Å². The van der Waals surface area contributed by atoms with Crippen molar-refractivity contribution >= 4 is 0 Å². The van der Waals surface area contributed by atoms with Gasteiger partial charge in [0.25, 0.3) is 0 Å². The number of nitrogens with two attached hydrogens (primary N) is 1. The summed E-state index contributed by atoms with van der Waals surface area (Å²) in [5.41, 5.74) is 7.94. The maximum atomic E-state index is 5.62. The van der Waals surface area contributed by atoms with Crippen molar-refractivity contribution in [1.82, 2.24) is 14.8 Å². The van der Waals surface area contributed by atoms with Gasteiger partial charge in [-0.25, -0.2) is 0 Å². The molecule has 0 radical (unpaired) electrons. The second kappa shape index (κ2) is 4.45. The van der Waals surface area contributed by atoms with Crippen molar-refractivity contribution in [3.05, 3.63) is 35.7 Å². The van der Waals surface area contributed by atoms with Crippen LogP contribution >= 0.6 is 0 Å². The lowest BCUT2D eigenvalue weighted by atomic mass is 10.1. The topological polar surface area (TPSA) is 56.7 Å². The molecule has 2 aromatic rings.